The molecule has 0 N–H and O–H groups in total. The Hall–Kier alpha value is -1.21. The molecule has 1 saturated heterocycles. The molecule has 5 atom stereocenters. The molecular weight excluding hydrogens is 431 g/mol. The van der Waals surface area contributed by atoms with E-state index in [1.165, 1.54) is 37.0 Å². The SMILES string of the molecule is CCCC1C2=C(CCCC2)C2CCCC1C21OOC1(OC)c1cccc(OP(=O)([O-])[O-])c1. The zero-order valence-corrected chi connectivity index (χ0v) is 19.6. The van der Waals surface area contributed by atoms with Crippen LogP contribution in [-0.2, 0) is 24.9 Å². The van der Waals surface area contributed by atoms with Gasteiger partial charge in [0.15, 0.2) is 5.60 Å². The summed E-state index contributed by atoms with van der Waals surface area (Å²) >= 11 is 0. The average molecular weight is 462 g/mol. The maximum atomic E-state index is 11.2. The first kappa shape index (κ1) is 22.6. The molecule has 1 spiro atoms. The van der Waals surface area contributed by atoms with E-state index < -0.39 is 19.2 Å². The van der Waals surface area contributed by atoms with Gasteiger partial charge in [0.05, 0.1) is 0 Å². The van der Waals surface area contributed by atoms with Crippen molar-refractivity contribution in [1.82, 2.24) is 0 Å². The highest BCUT2D eigenvalue weighted by Crippen LogP contribution is 2.68. The van der Waals surface area contributed by atoms with E-state index >= 15 is 0 Å². The molecule has 7 nitrogen and oxygen atoms in total. The molecule has 2 fully saturated rings. The van der Waals surface area contributed by atoms with Crippen LogP contribution in [0, 0.1) is 17.8 Å². The molecule has 1 aliphatic heterocycles. The normalized spacial score (nSPS) is 36.6. The lowest BCUT2D eigenvalue weighted by atomic mass is 9.49. The Bertz CT molecular complexity index is 951. The minimum atomic E-state index is -5.18. The molecule has 1 heterocycles. The molecule has 2 bridgehead atoms. The summed E-state index contributed by atoms with van der Waals surface area (Å²) in [5.74, 6) is -0.330. The average Bonchev–Trinajstić information content (AvgIpc) is 2.75. The highest BCUT2D eigenvalue weighted by atomic mass is 31.2. The second-order valence-electron chi connectivity index (χ2n) is 9.59. The zero-order chi connectivity index (χ0) is 22.6. The molecule has 0 aromatic heterocycles. The molecule has 0 radical (unpaired) electrons. The van der Waals surface area contributed by atoms with Crippen molar-refractivity contribution in [3.05, 3.63) is 41.0 Å². The van der Waals surface area contributed by atoms with Crippen LogP contribution in [0.4, 0.5) is 0 Å². The fraction of sp³-hybridized carbons (Fsp3) is 0.667. The van der Waals surface area contributed by atoms with Crippen molar-refractivity contribution in [3.8, 4) is 5.75 Å². The van der Waals surface area contributed by atoms with E-state index in [9.17, 15) is 14.4 Å². The Balaban J connectivity index is 1.63. The molecule has 4 aliphatic rings. The number of ether oxygens (including phenoxy) is 1. The number of benzene rings is 1. The first-order valence-corrected chi connectivity index (χ1v) is 13.3. The van der Waals surface area contributed by atoms with Gasteiger partial charge in [0.25, 0.3) is 5.79 Å². The van der Waals surface area contributed by atoms with Crippen LogP contribution in [0.3, 0.4) is 0 Å². The third-order valence-corrected chi connectivity index (χ3v) is 8.55. The van der Waals surface area contributed by atoms with E-state index in [0.29, 0.717) is 11.5 Å². The fourth-order valence-corrected chi connectivity index (χ4v) is 7.52. The van der Waals surface area contributed by atoms with Crippen molar-refractivity contribution < 1.29 is 33.4 Å². The molecule has 3 aliphatic carbocycles. The number of hydrogen-bond donors (Lipinski definition) is 0. The van der Waals surface area contributed by atoms with Gasteiger partial charge in [0.2, 0.25) is 0 Å². The van der Waals surface area contributed by atoms with E-state index in [1.54, 1.807) is 18.7 Å². The molecule has 0 amide bonds. The van der Waals surface area contributed by atoms with Crippen LogP contribution in [0.25, 0.3) is 0 Å². The third-order valence-electron chi connectivity index (χ3n) is 8.11. The zero-order valence-electron chi connectivity index (χ0n) is 18.7. The maximum absolute atomic E-state index is 11.2. The quantitative estimate of drug-likeness (QED) is 0.356. The summed E-state index contributed by atoms with van der Waals surface area (Å²) in [5.41, 5.74) is 3.12. The largest absolute Gasteiger partial charge is 0.780 e. The number of phosphoric acid groups is 1. The smallest absolute Gasteiger partial charge is 0.261 e. The topological polar surface area (TPSA) is 100 Å². The number of phosphoric ester groups is 1. The van der Waals surface area contributed by atoms with Crippen molar-refractivity contribution in [3.63, 3.8) is 0 Å². The van der Waals surface area contributed by atoms with Crippen LogP contribution in [0.2, 0.25) is 0 Å². The number of fused-ring (bicyclic) bond motifs is 1. The van der Waals surface area contributed by atoms with Gasteiger partial charge in [0, 0.05) is 24.5 Å². The summed E-state index contributed by atoms with van der Waals surface area (Å²) in [6.45, 7) is 2.23. The Morgan fingerprint density at radius 2 is 1.91 bits per heavy atom. The summed E-state index contributed by atoms with van der Waals surface area (Å²) in [5, 5.41) is 0. The third kappa shape index (κ3) is 3.24. The van der Waals surface area contributed by atoms with Gasteiger partial charge in [-0.1, -0.05) is 43.0 Å². The van der Waals surface area contributed by atoms with E-state index in [-0.39, 0.29) is 17.6 Å². The van der Waals surface area contributed by atoms with Crippen molar-refractivity contribution in [2.45, 2.75) is 76.1 Å². The van der Waals surface area contributed by atoms with Gasteiger partial charge in [-0.15, -0.1) is 0 Å². The van der Waals surface area contributed by atoms with E-state index in [4.69, 9.17) is 14.5 Å². The van der Waals surface area contributed by atoms with Gasteiger partial charge in [0.1, 0.15) is 13.6 Å². The Morgan fingerprint density at radius 3 is 2.56 bits per heavy atom. The van der Waals surface area contributed by atoms with Crippen LogP contribution in [0.1, 0.15) is 70.3 Å². The monoisotopic (exact) mass is 462 g/mol. The number of rotatable bonds is 6. The Labute approximate surface area is 189 Å². The van der Waals surface area contributed by atoms with Crippen LogP contribution < -0.4 is 14.3 Å². The standard InChI is InChI=1S/C24H33O7P/c1-3-8-19-18-11-4-5-12-20(18)22-14-7-13-21(19)23(22)24(28-2,31-30-23)16-9-6-10-17(15-16)29-32(25,26)27/h6,9-10,15,19,21-22H,3-5,7-8,11-14H2,1-2H3,(H2,25,26,27)/p-2. The fourth-order valence-electron chi connectivity index (χ4n) is 7.14. The van der Waals surface area contributed by atoms with Crippen molar-refractivity contribution in [2.24, 2.45) is 17.8 Å². The lowest BCUT2D eigenvalue weighted by Crippen LogP contribution is -2.75. The Kier molecular flexibility index (Phi) is 5.80. The first-order valence-electron chi connectivity index (χ1n) is 11.8. The van der Waals surface area contributed by atoms with Gasteiger partial charge in [-0.25, -0.2) is 4.89 Å². The maximum Gasteiger partial charge on any atom is 0.261 e. The van der Waals surface area contributed by atoms with Gasteiger partial charge in [-0.05, 0) is 63.0 Å². The molecule has 1 aromatic carbocycles. The summed E-state index contributed by atoms with van der Waals surface area (Å²) in [6, 6.07) is 6.47. The molecule has 8 heteroatoms. The first-order chi connectivity index (χ1) is 15.4. The van der Waals surface area contributed by atoms with E-state index in [1.807, 2.05) is 6.07 Å². The lowest BCUT2D eigenvalue weighted by molar-refractivity contribution is -0.640. The van der Waals surface area contributed by atoms with Crippen molar-refractivity contribution in [1.29, 1.82) is 0 Å². The van der Waals surface area contributed by atoms with Gasteiger partial charge < -0.3 is 23.6 Å². The predicted octanol–water partition coefficient (Wildman–Crippen LogP) is 4.11. The van der Waals surface area contributed by atoms with E-state index in [0.717, 1.165) is 38.5 Å². The lowest BCUT2D eigenvalue weighted by Gasteiger charge is -2.67. The second kappa shape index (κ2) is 8.23. The highest BCUT2D eigenvalue weighted by Gasteiger charge is 2.76. The molecule has 32 heavy (non-hydrogen) atoms. The summed E-state index contributed by atoms with van der Waals surface area (Å²) in [7, 11) is -3.57. The van der Waals surface area contributed by atoms with Crippen molar-refractivity contribution >= 4 is 7.82 Å². The second-order valence-corrected chi connectivity index (χ2v) is 10.7. The van der Waals surface area contributed by atoms with E-state index in [2.05, 4.69) is 11.4 Å². The Morgan fingerprint density at radius 1 is 1.12 bits per heavy atom. The predicted molar refractivity (Wildman–Crippen MR) is 113 cm³/mol. The summed E-state index contributed by atoms with van der Waals surface area (Å²) in [4.78, 5) is 34.4. The molecule has 1 aromatic rings. The highest BCUT2D eigenvalue weighted by molar-refractivity contribution is 7.43. The van der Waals surface area contributed by atoms with Gasteiger partial charge in [-0.3, -0.25) is 0 Å². The minimum Gasteiger partial charge on any atom is -0.780 e. The van der Waals surface area contributed by atoms with Crippen LogP contribution in [0.5, 0.6) is 5.75 Å². The van der Waals surface area contributed by atoms with Crippen LogP contribution >= 0.6 is 7.82 Å². The van der Waals surface area contributed by atoms with Crippen LogP contribution in [0.15, 0.2) is 35.4 Å². The molecule has 5 rings (SSSR count). The van der Waals surface area contributed by atoms with Crippen LogP contribution in [-0.4, -0.2) is 12.7 Å². The molecule has 1 saturated carbocycles. The number of methoxy groups -OCH3 is 1. The molecule has 176 valence electrons. The van der Waals surface area contributed by atoms with Crippen molar-refractivity contribution in [2.75, 3.05) is 7.11 Å². The number of allylic oxidation sites excluding steroid dienone is 1. The van der Waals surface area contributed by atoms with Gasteiger partial charge in [-0.2, -0.15) is 4.89 Å². The molecular formula is C24H31O7P-2. The summed E-state index contributed by atoms with van der Waals surface area (Å²) in [6.07, 6.45) is 10.1. The summed E-state index contributed by atoms with van der Waals surface area (Å²) < 4.78 is 22.0. The van der Waals surface area contributed by atoms with Gasteiger partial charge >= 0.3 is 0 Å². The molecule has 5 unspecified atom stereocenters. The number of hydrogen-bond acceptors (Lipinski definition) is 7. The minimum absolute atomic E-state index is 0.0402.